The van der Waals surface area contributed by atoms with Crippen LogP contribution in [0.1, 0.15) is 37.8 Å². The summed E-state index contributed by atoms with van der Waals surface area (Å²) in [6, 6.07) is 35.5. The Labute approximate surface area is 301 Å². The molecule has 0 aliphatic heterocycles. The van der Waals surface area contributed by atoms with E-state index in [9.17, 15) is 29.4 Å². The summed E-state index contributed by atoms with van der Waals surface area (Å²) in [7, 11) is 0. The van der Waals surface area contributed by atoms with Crippen molar-refractivity contribution >= 4 is 47.3 Å². The van der Waals surface area contributed by atoms with Crippen LogP contribution in [0.3, 0.4) is 0 Å². The highest BCUT2D eigenvalue weighted by Crippen LogP contribution is 2.49. The van der Waals surface area contributed by atoms with Gasteiger partial charge in [0.1, 0.15) is 0 Å². The van der Waals surface area contributed by atoms with Crippen LogP contribution in [0, 0.1) is 23.7 Å². The second-order valence-electron chi connectivity index (χ2n) is 12.4. The predicted octanol–water partition coefficient (Wildman–Crippen LogP) is 7.81. The van der Waals surface area contributed by atoms with Crippen LogP contribution in [0.15, 0.2) is 129 Å². The molecule has 0 bridgehead atoms. The Morgan fingerprint density at radius 3 is 1.12 bits per heavy atom. The van der Waals surface area contributed by atoms with Crippen molar-refractivity contribution in [3.63, 3.8) is 0 Å². The van der Waals surface area contributed by atoms with Crippen LogP contribution in [-0.2, 0) is 32.3 Å². The number of hydrogen-bond acceptors (Lipinski definition) is 6. The zero-order chi connectivity index (χ0) is 35.6. The van der Waals surface area contributed by atoms with Crippen LogP contribution in [0.25, 0.3) is 0 Å². The summed E-state index contributed by atoms with van der Waals surface area (Å²) >= 11 is 3.24. The molecular weight excluding hydrogens is 669 g/mol. The largest absolute Gasteiger partial charge is 0.481 e. The van der Waals surface area contributed by atoms with E-state index in [1.807, 2.05) is 123 Å². The van der Waals surface area contributed by atoms with Crippen LogP contribution >= 0.6 is 23.5 Å². The minimum absolute atomic E-state index is 0.206. The summed E-state index contributed by atoms with van der Waals surface area (Å²) in [5, 5.41) is 20.7. The average Bonchev–Trinajstić information content (AvgIpc) is 3.09. The maximum atomic E-state index is 14.0. The lowest BCUT2D eigenvalue weighted by Gasteiger charge is -2.48. The zero-order valence-electron chi connectivity index (χ0n) is 28.2. The van der Waals surface area contributed by atoms with Crippen molar-refractivity contribution in [2.75, 3.05) is 13.1 Å². The molecule has 1 saturated carbocycles. The van der Waals surface area contributed by atoms with E-state index in [1.54, 1.807) is 23.5 Å². The van der Waals surface area contributed by atoms with E-state index in [0.29, 0.717) is 25.9 Å². The van der Waals surface area contributed by atoms with Crippen LogP contribution in [0.5, 0.6) is 0 Å². The van der Waals surface area contributed by atoms with Crippen LogP contribution in [-0.4, -0.2) is 56.9 Å². The number of carbonyl (C=O) groups is 4. The monoisotopic (exact) mass is 710 g/mol. The summed E-state index contributed by atoms with van der Waals surface area (Å²) in [4.78, 5) is 60.8. The van der Waals surface area contributed by atoms with Gasteiger partial charge in [-0.25, -0.2) is 0 Å². The second kappa shape index (κ2) is 17.4. The summed E-state index contributed by atoms with van der Waals surface area (Å²) in [5.74, 6) is -9.35. The van der Waals surface area contributed by atoms with Gasteiger partial charge in [0.05, 0.1) is 23.7 Å². The quantitative estimate of drug-likeness (QED) is 0.121. The third kappa shape index (κ3) is 8.97. The summed E-state index contributed by atoms with van der Waals surface area (Å²) in [6.45, 7) is 4.88. The fourth-order valence-electron chi connectivity index (χ4n) is 6.49. The molecule has 0 atom stereocenters. The number of benzene rings is 4. The van der Waals surface area contributed by atoms with Gasteiger partial charge in [-0.05, 0) is 72.5 Å². The first-order valence-corrected chi connectivity index (χ1v) is 18.5. The molecule has 2 amide bonds. The molecule has 5 rings (SSSR count). The van der Waals surface area contributed by atoms with Crippen molar-refractivity contribution < 1.29 is 29.4 Å². The molecule has 4 aromatic rings. The van der Waals surface area contributed by atoms with Gasteiger partial charge in [-0.2, -0.15) is 0 Å². The van der Waals surface area contributed by atoms with Gasteiger partial charge in [-0.1, -0.05) is 98.0 Å². The van der Waals surface area contributed by atoms with E-state index >= 15 is 0 Å². The van der Waals surface area contributed by atoms with Gasteiger partial charge >= 0.3 is 11.9 Å². The van der Waals surface area contributed by atoms with Crippen LogP contribution < -0.4 is 0 Å². The lowest BCUT2D eigenvalue weighted by atomic mass is 9.55. The molecule has 10 heteroatoms. The van der Waals surface area contributed by atoms with Crippen molar-refractivity contribution in [3.05, 3.63) is 120 Å². The first kappa shape index (κ1) is 36.7. The highest BCUT2D eigenvalue weighted by Gasteiger charge is 2.64. The standard InChI is InChI=1S/C40H42N2O6S2/c1-3-23-41(25-27-15-19-31(20-16-27)49-29-11-7-5-8-12-29)37(43)33-35(39(45)46)34(36(33)40(47)48)38(44)42(24-4-2)26-28-17-21-32(22-18-28)50-30-13-9-6-10-14-30/h5-22,33-36H,3-4,23-26H2,1-2H3,(H,45,46)(H,47,48)/t33-,34-,35-,36-. The fraction of sp³-hybridized carbons (Fsp3) is 0.300. The van der Waals surface area contributed by atoms with E-state index in [4.69, 9.17) is 0 Å². The minimum atomic E-state index is -1.44. The van der Waals surface area contributed by atoms with Crippen molar-refractivity contribution in [1.29, 1.82) is 0 Å². The van der Waals surface area contributed by atoms with E-state index in [-0.39, 0.29) is 13.1 Å². The van der Waals surface area contributed by atoms with E-state index in [1.165, 1.54) is 9.80 Å². The molecule has 50 heavy (non-hydrogen) atoms. The van der Waals surface area contributed by atoms with Gasteiger partial charge in [0.2, 0.25) is 11.8 Å². The first-order chi connectivity index (χ1) is 24.2. The van der Waals surface area contributed by atoms with Gasteiger partial charge in [0, 0.05) is 45.8 Å². The van der Waals surface area contributed by atoms with Crippen molar-refractivity contribution in [3.8, 4) is 0 Å². The SMILES string of the molecule is CCCN(Cc1ccc(Sc2ccccc2)cc1)C(=O)[C@H]1[C@H](C(=O)O)[C@H](C(=O)N(CCC)Cc2ccc(Sc3ccccc3)cc2)[C@H]1C(=O)O. The summed E-state index contributed by atoms with van der Waals surface area (Å²) in [5.41, 5.74) is 1.69. The smallest absolute Gasteiger partial charge is 0.308 e. The van der Waals surface area contributed by atoms with Gasteiger partial charge in [-0.15, -0.1) is 0 Å². The van der Waals surface area contributed by atoms with Crippen LogP contribution in [0.4, 0.5) is 0 Å². The maximum Gasteiger partial charge on any atom is 0.308 e. The predicted molar refractivity (Wildman–Crippen MR) is 195 cm³/mol. The molecule has 8 nitrogen and oxygen atoms in total. The number of carboxylic acids is 2. The molecule has 0 heterocycles. The zero-order valence-corrected chi connectivity index (χ0v) is 29.8. The van der Waals surface area contributed by atoms with E-state index < -0.39 is 47.4 Å². The Kier molecular flexibility index (Phi) is 12.8. The molecule has 1 aliphatic rings. The van der Waals surface area contributed by atoms with E-state index in [2.05, 4.69) is 0 Å². The van der Waals surface area contributed by atoms with Crippen molar-refractivity contribution in [2.45, 2.75) is 59.4 Å². The average molecular weight is 711 g/mol. The van der Waals surface area contributed by atoms with Crippen LogP contribution in [0.2, 0.25) is 0 Å². The second-order valence-corrected chi connectivity index (χ2v) is 14.7. The number of aliphatic carboxylic acids is 2. The Balaban J connectivity index is 1.31. The molecule has 0 saturated heterocycles. The number of carbonyl (C=O) groups excluding carboxylic acids is 2. The van der Waals surface area contributed by atoms with Gasteiger partial charge in [0.25, 0.3) is 0 Å². The molecule has 0 aromatic heterocycles. The lowest BCUT2D eigenvalue weighted by Crippen LogP contribution is -2.64. The molecule has 0 spiro atoms. The Hall–Kier alpha value is -4.54. The third-order valence-corrected chi connectivity index (χ3v) is 10.9. The minimum Gasteiger partial charge on any atom is -0.481 e. The highest BCUT2D eigenvalue weighted by molar-refractivity contribution is 7.99. The van der Waals surface area contributed by atoms with Gasteiger partial charge in [0.15, 0.2) is 0 Å². The number of nitrogens with zero attached hydrogens (tertiary/aromatic N) is 2. The van der Waals surface area contributed by atoms with Gasteiger partial charge < -0.3 is 20.0 Å². The van der Waals surface area contributed by atoms with E-state index in [0.717, 1.165) is 30.7 Å². The van der Waals surface area contributed by atoms with Crippen molar-refractivity contribution in [2.24, 2.45) is 23.7 Å². The molecule has 0 radical (unpaired) electrons. The molecule has 1 aliphatic carbocycles. The van der Waals surface area contributed by atoms with Gasteiger partial charge in [-0.3, -0.25) is 19.2 Å². The maximum absolute atomic E-state index is 14.0. The Morgan fingerprint density at radius 1 is 0.500 bits per heavy atom. The molecule has 260 valence electrons. The Bertz CT molecular complexity index is 1610. The molecule has 2 N–H and O–H groups in total. The number of amides is 2. The van der Waals surface area contributed by atoms with Crippen molar-refractivity contribution in [1.82, 2.24) is 9.80 Å². The number of rotatable bonds is 16. The summed E-state index contributed by atoms with van der Waals surface area (Å²) in [6.07, 6.45) is 1.20. The molecule has 1 fully saturated rings. The topological polar surface area (TPSA) is 115 Å². The lowest BCUT2D eigenvalue weighted by molar-refractivity contribution is -0.187. The highest BCUT2D eigenvalue weighted by atomic mass is 32.2. The number of carboxylic acid groups (broad SMARTS) is 2. The Morgan fingerprint density at radius 2 is 0.820 bits per heavy atom. The summed E-state index contributed by atoms with van der Waals surface area (Å²) < 4.78 is 0. The fourth-order valence-corrected chi connectivity index (χ4v) is 8.16. The first-order valence-electron chi connectivity index (χ1n) is 16.9. The molecule has 4 aromatic carbocycles. The molecule has 0 unspecified atom stereocenters. The normalized spacial score (nSPS) is 18.1. The molecular formula is C40H42N2O6S2. The number of hydrogen-bond donors (Lipinski definition) is 2. The third-order valence-electron chi connectivity index (χ3n) is 8.85.